The lowest BCUT2D eigenvalue weighted by Gasteiger charge is -2.18. The van der Waals surface area contributed by atoms with Crippen LogP contribution in [0.25, 0.3) is 0 Å². The Balaban J connectivity index is 1.95. The molecule has 0 aromatic carbocycles. The molecule has 1 aromatic rings. The number of halogens is 1. The fourth-order valence-electron chi connectivity index (χ4n) is 2.72. The van der Waals surface area contributed by atoms with Crippen molar-refractivity contribution in [3.63, 3.8) is 0 Å². The van der Waals surface area contributed by atoms with Gasteiger partial charge in [-0.15, -0.1) is 11.6 Å². The predicted molar refractivity (Wildman–Crippen MR) is 76.2 cm³/mol. The molecule has 1 aliphatic rings. The van der Waals surface area contributed by atoms with Crippen LogP contribution in [0.2, 0.25) is 0 Å². The van der Waals surface area contributed by atoms with E-state index in [1.165, 1.54) is 19.3 Å². The van der Waals surface area contributed by atoms with Crippen LogP contribution < -0.4 is 5.32 Å². The van der Waals surface area contributed by atoms with Crippen molar-refractivity contribution in [1.29, 1.82) is 0 Å². The minimum Gasteiger partial charge on any atom is -0.370 e. The van der Waals surface area contributed by atoms with Gasteiger partial charge in [0.1, 0.15) is 11.6 Å². The van der Waals surface area contributed by atoms with Gasteiger partial charge in [-0.2, -0.15) is 0 Å². The number of hydrogen-bond donors (Lipinski definition) is 1. The highest BCUT2D eigenvalue weighted by atomic mass is 35.5. The first-order chi connectivity index (χ1) is 8.72. The largest absolute Gasteiger partial charge is 0.370 e. The molecular formula is C14H22ClN3. The second-order valence-corrected chi connectivity index (χ2v) is 5.44. The molecular weight excluding hydrogens is 246 g/mol. The van der Waals surface area contributed by atoms with Crippen molar-refractivity contribution in [3.05, 3.63) is 17.6 Å². The normalized spacial score (nSPS) is 23.3. The molecule has 1 heterocycles. The predicted octanol–water partition coefficient (Wildman–Crippen LogP) is 3.41. The minimum absolute atomic E-state index is 0.674. The van der Waals surface area contributed by atoms with E-state index in [4.69, 9.17) is 11.6 Å². The van der Waals surface area contributed by atoms with E-state index >= 15 is 0 Å². The summed E-state index contributed by atoms with van der Waals surface area (Å²) in [4.78, 5) is 8.83. The second kappa shape index (κ2) is 6.37. The summed E-state index contributed by atoms with van der Waals surface area (Å²) in [5, 5.41) is 3.46. The third-order valence-electron chi connectivity index (χ3n) is 3.81. The van der Waals surface area contributed by atoms with Crippen LogP contribution in [0.3, 0.4) is 0 Å². The maximum absolute atomic E-state index is 6.00. The van der Waals surface area contributed by atoms with Crippen LogP contribution in [0, 0.1) is 18.8 Å². The highest BCUT2D eigenvalue weighted by molar-refractivity contribution is 6.18. The van der Waals surface area contributed by atoms with Crippen molar-refractivity contribution >= 4 is 17.4 Å². The maximum atomic E-state index is 6.00. The number of rotatable bonds is 5. The van der Waals surface area contributed by atoms with Gasteiger partial charge in [0.05, 0.1) is 0 Å². The molecule has 1 N–H and O–H groups in total. The minimum atomic E-state index is 0.674. The van der Waals surface area contributed by atoms with Gasteiger partial charge in [-0.05, 0) is 38.0 Å². The van der Waals surface area contributed by atoms with E-state index < -0.39 is 0 Å². The summed E-state index contributed by atoms with van der Waals surface area (Å²) < 4.78 is 0. The van der Waals surface area contributed by atoms with E-state index in [1.807, 2.05) is 6.92 Å². The molecule has 0 bridgehead atoms. The molecule has 4 heteroatoms. The first-order valence-corrected chi connectivity index (χ1v) is 7.40. The molecule has 1 aromatic heterocycles. The van der Waals surface area contributed by atoms with Crippen molar-refractivity contribution in [1.82, 2.24) is 9.97 Å². The van der Waals surface area contributed by atoms with E-state index in [1.54, 1.807) is 0 Å². The fraction of sp³-hybridized carbons (Fsp3) is 0.714. The molecule has 0 aliphatic heterocycles. The van der Waals surface area contributed by atoms with Crippen LogP contribution in [0.1, 0.15) is 37.7 Å². The van der Waals surface area contributed by atoms with Crippen molar-refractivity contribution in [2.45, 2.75) is 39.5 Å². The Morgan fingerprint density at radius 3 is 2.83 bits per heavy atom. The number of anilines is 1. The summed E-state index contributed by atoms with van der Waals surface area (Å²) >= 11 is 6.00. The maximum Gasteiger partial charge on any atom is 0.129 e. The molecule has 2 unspecified atom stereocenters. The summed E-state index contributed by atoms with van der Waals surface area (Å²) in [5.41, 5.74) is 1.10. The van der Waals surface area contributed by atoms with Crippen molar-refractivity contribution < 1.29 is 0 Å². The average Bonchev–Trinajstić information content (AvgIpc) is 2.83. The van der Waals surface area contributed by atoms with Crippen LogP contribution in [0.4, 0.5) is 5.82 Å². The molecule has 18 heavy (non-hydrogen) atoms. The molecule has 0 amide bonds. The summed E-state index contributed by atoms with van der Waals surface area (Å²) in [7, 11) is 0. The van der Waals surface area contributed by atoms with Gasteiger partial charge in [0.2, 0.25) is 0 Å². The standard InChI is InChI=1S/C14H22ClN3/c1-3-13-7-14(18-10(2)17-13)16-9-12-6-4-5-11(12)8-15/h7,11-12H,3-6,8-9H2,1-2H3,(H,16,17,18). The molecule has 0 radical (unpaired) electrons. The smallest absolute Gasteiger partial charge is 0.129 e. The Hall–Kier alpha value is -0.830. The van der Waals surface area contributed by atoms with Crippen LogP contribution in [0.5, 0.6) is 0 Å². The lowest BCUT2D eigenvalue weighted by atomic mass is 9.98. The molecule has 3 nitrogen and oxygen atoms in total. The van der Waals surface area contributed by atoms with Gasteiger partial charge in [-0.3, -0.25) is 0 Å². The first kappa shape index (κ1) is 13.6. The lowest BCUT2D eigenvalue weighted by Crippen LogP contribution is -2.20. The topological polar surface area (TPSA) is 37.8 Å². The van der Waals surface area contributed by atoms with Crippen molar-refractivity contribution in [2.75, 3.05) is 17.7 Å². The Kier molecular flexibility index (Phi) is 4.81. The highest BCUT2D eigenvalue weighted by Crippen LogP contribution is 2.32. The monoisotopic (exact) mass is 267 g/mol. The third-order valence-corrected chi connectivity index (χ3v) is 4.21. The van der Waals surface area contributed by atoms with Gasteiger partial charge in [0.15, 0.2) is 0 Å². The van der Waals surface area contributed by atoms with Gasteiger partial charge in [-0.1, -0.05) is 13.3 Å². The summed E-state index contributed by atoms with van der Waals surface area (Å²) in [6.07, 6.45) is 4.83. The SMILES string of the molecule is CCc1cc(NCC2CCCC2CCl)nc(C)n1. The second-order valence-electron chi connectivity index (χ2n) is 5.13. The van der Waals surface area contributed by atoms with E-state index in [0.29, 0.717) is 11.8 Å². The zero-order valence-corrected chi connectivity index (χ0v) is 12.0. The Morgan fingerprint density at radius 2 is 2.11 bits per heavy atom. The number of aryl methyl sites for hydroxylation is 2. The summed E-state index contributed by atoms with van der Waals surface area (Å²) in [6.45, 7) is 5.05. The van der Waals surface area contributed by atoms with E-state index in [9.17, 15) is 0 Å². The van der Waals surface area contributed by atoms with Crippen LogP contribution >= 0.6 is 11.6 Å². The molecule has 0 saturated heterocycles. The van der Waals surface area contributed by atoms with E-state index in [2.05, 4.69) is 28.3 Å². The van der Waals surface area contributed by atoms with Crippen molar-refractivity contribution in [2.24, 2.45) is 11.8 Å². The van der Waals surface area contributed by atoms with Gasteiger partial charge < -0.3 is 5.32 Å². The quantitative estimate of drug-likeness (QED) is 0.831. The molecule has 1 fully saturated rings. The van der Waals surface area contributed by atoms with Gasteiger partial charge >= 0.3 is 0 Å². The first-order valence-electron chi connectivity index (χ1n) is 6.87. The van der Waals surface area contributed by atoms with Crippen LogP contribution in [0.15, 0.2) is 6.07 Å². The highest BCUT2D eigenvalue weighted by Gasteiger charge is 2.26. The van der Waals surface area contributed by atoms with Gasteiger partial charge in [0, 0.05) is 24.2 Å². The van der Waals surface area contributed by atoms with Gasteiger partial charge in [-0.25, -0.2) is 9.97 Å². The average molecular weight is 268 g/mol. The molecule has 0 spiro atoms. The third kappa shape index (κ3) is 3.35. The Morgan fingerprint density at radius 1 is 1.33 bits per heavy atom. The Labute approximate surface area is 114 Å². The zero-order chi connectivity index (χ0) is 13.0. The number of nitrogens with zero attached hydrogens (tertiary/aromatic N) is 2. The zero-order valence-electron chi connectivity index (χ0n) is 11.2. The summed E-state index contributed by atoms with van der Waals surface area (Å²) in [6, 6.07) is 2.05. The number of hydrogen-bond acceptors (Lipinski definition) is 3. The number of alkyl halides is 1. The van der Waals surface area contributed by atoms with Crippen LogP contribution in [-0.2, 0) is 6.42 Å². The van der Waals surface area contributed by atoms with Gasteiger partial charge in [0.25, 0.3) is 0 Å². The number of nitrogens with one attached hydrogen (secondary N) is 1. The van der Waals surface area contributed by atoms with Crippen LogP contribution in [-0.4, -0.2) is 22.4 Å². The van der Waals surface area contributed by atoms with E-state index in [-0.39, 0.29) is 0 Å². The summed E-state index contributed by atoms with van der Waals surface area (Å²) in [5.74, 6) is 3.96. The Bertz CT molecular complexity index is 395. The molecule has 2 rings (SSSR count). The molecule has 2 atom stereocenters. The number of aromatic nitrogens is 2. The fourth-order valence-corrected chi connectivity index (χ4v) is 3.13. The molecule has 1 aliphatic carbocycles. The van der Waals surface area contributed by atoms with E-state index in [0.717, 1.165) is 36.2 Å². The molecule has 1 saturated carbocycles. The van der Waals surface area contributed by atoms with Crippen molar-refractivity contribution in [3.8, 4) is 0 Å². The lowest BCUT2D eigenvalue weighted by molar-refractivity contribution is 0.444. The molecule has 100 valence electrons.